The quantitative estimate of drug-likeness (QED) is 0.417. The number of pyridine rings is 1. The van der Waals surface area contributed by atoms with Gasteiger partial charge in [0, 0.05) is 23.6 Å². The van der Waals surface area contributed by atoms with Crippen molar-refractivity contribution in [2.45, 2.75) is 4.90 Å². The van der Waals surface area contributed by atoms with Gasteiger partial charge in [0.2, 0.25) is 5.69 Å². The molecule has 0 atom stereocenters. The first-order valence-electron chi connectivity index (χ1n) is 9.59. The molecule has 3 heterocycles. The minimum absolute atomic E-state index is 0.268. The Morgan fingerprint density at radius 3 is 2.44 bits per heavy atom. The zero-order valence-corrected chi connectivity index (χ0v) is 17.7. The van der Waals surface area contributed by atoms with Gasteiger partial charge in [0.1, 0.15) is 12.1 Å². The molecule has 2 aromatic carbocycles. The molecule has 0 spiro atoms. The first-order chi connectivity index (χ1) is 15.4. The van der Waals surface area contributed by atoms with Gasteiger partial charge in [-0.1, -0.05) is 24.3 Å². The lowest BCUT2D eigenvalue weighted by Crippen LogP contribution is -1.96. The van der Waals surface area contributed by atoms with Crippen LogP contribution < -0.4 is 0 Å². The van der Waals surface area contributed by atoms with Crippen LogP contribution in [-0.2, 0) is 9.84 Å². The molecule has 8 nitrogen and oxygen atoms in total. The molecule has 0 saturated carbocycles. The van der Waals surface area contributed by atoms with Crippen LogP contribution in [-0.4, -0.2) is 39.4 Å². The maximum atomic E-state index is 11.8. The summed E-state index contributed by atoms with van der Waals surface area (Å²) >= 11 is 0. The highest BCUT2D eigenvalue weighted by Crippen LogP contribution is 2.32. The van der Waals surface area contributed by atoms with Crippen molar-refractivity contribution in [1.82, 2.24) is 24.7 Å². The van der Waals surface area contributed by atoms with Crippen LogP contribution in [0, 0.1) is 6.57 Å². The fourth-order valence-electron chi connectivity index (χ4n) is 3.54. The lowest BCUT2D eigenvalue weighted by molar-refractivity contribution is 0.602. The summed E-state index contributed by atoms with van der Waals surface area (Å²) in [6.45, 7) is 7.09. The first kappa shape index (κ1) is 19.7. The van der Waals surface area contributed by atoms with E-state index in [1.165, 1.54) is 12.5 Å². The van der Waals surface area contributed by atoms with E-state index in [1.807, 2.05) is 22.8 Å². The van der Waals surface area contributed by atoms with Crippen LogP contribution in [0.15, 0.2) is 78.2 Å². The standard InChI is InChI=1S/C23H16N6O2S/c1-24-17-6-10-22(25-12-17)29-14-26-20-9-5-16(11-21(20)29)19-13-27-28-23(19)15-3-7-18(8-4-15)32(2,30)31/h3-14H,2H3,(H,27,28). The molecular weight excluding hydrogens is 424 g/mol. The normalized spacial score (nSPS) is 11.5. The number of benzene rings is 2. The van der Waals surface area contributed by atoms with Gasteiger partial charge in [0.05, 0.1) is 34.4 Å². The van der Waals surface area contributed by atoms with Crippen molar-refractivity contribution >= 4 is 26.6 Å². The summed E-state index contributed by atoms with van der Waals surface area (Å²) in [6.07, 6.45) is 6.16. The molecule has 0 aliphatic carbocycles. The van der Waals surface area contributed by atoms with Crippen LogP contribution in [0.2, 0.25) is 0 Å². The SMILES string of the molecule is [C-]#[N+]c1ccc(-n2cnc3ccc(-c4cn[nH]c4-c4ccc(S(C)(=O)=O)cc4)cc32)nc1. The van der Waals surface area contributed by atoms with E-state index in [0.717, 1.165) is 33.4 Å². The highest BCUT2D eigenvalue weighted by Gasteiger charge is 2.14. The van der Waals surface area contributed by atoms with E-state index in [0.29, 0.717) is 11.5 Å². The molecule has 9 heteroatoms. The number of aromatic amines is 1. The third-order valence-corrected chi connectivity index (χ3v) is 6.31. The van der Waals surface area contributed by atoms with Crippen molar-refractivity contribution in [3.63, 3.8) is 0 Å². The monoisotopic (exact) mass is 440 g/mol. The molecular formula is C23H16N6O2S. The summed E-state index contributed by atoms with van der Waals surface area (Å²) < 4.78 is 25.4. The van der Waals surface area contributed by atoms with Crippen molar-refractivity contribution in [2.24, 2.45) is 0 Å². The Kier molecular flexibility index (Phi) is 4.57. The molecule has 0 aliphatic rings. The molecule has 0 fully saturated rings. The molecule has 0 radical (unpaired) electrons. The fraction of sp³-hybridized carbons (Fsp3) is 0.0435. The first-order valence-corrected chi connectivity index (χ1v) is 11.5. The fourth-order valence-corrected chi connectivity index (χ4v) is 4.17. The number of hydrogen-bond donors (Lipinski definition) is 1. The lowest BCUT2D eigenvalue weighted by atomic mass is 10.0. The second-order valence-electron chi connectivity index (χ2n) is 7.26. The van der Waals surface area contributed by atoms with Crippen LogP contribution in [0.5, 0.6) is 0 Å². The Bertz CT molecular complexity index is 1590. The number of nitrogens with zero attached hydrogens (tertiary/aromatic N) is 5. The third-order valence-electron chi connectivity index (χ3n) is 5.18. The number of fused-ring (bicyclic) bond motifs is 1. The molecule has 0 aliphatic heterocycles. The average Bonchev–Trinajstić information content (AvgIpc) is 3.45. The van der Waals surface area contributed by atoms with Gasteiger partial charge < -0.3 is 0 Å². The minimum Gasteiger partial charge on any atom is -0.283 e. The van der Waals surface area contributed by atoms with E-state index in [9.17, 15) is 8.42 Å². The molecule has 1 N–H and O–H groups in total. The zero-order chi connectivity index (χ0) is 22.3. The molecule has 5 aromatic rings. The average molecular weight is 440 g/mol. The Morgan fingerprint density at radius 2 is 1.75 bits per heavy atom. The molecule has 0 bridgehead atoms. The second-order valence-corrected chi connectivity index (χ2v) is 9.28. The zero-order valence-electron chi connectivity index (χ0n) is 16.9. The summed E-state index contributed by atoms with van der Waals surface area (Å²) in [6, 6.07) is 16.1. The highest BCUT2D eigenvalue weighted by molar-refractivity contribution is 7.90. The van der Waals surface area contributed by atoms with E-state index in [4.69, 9.17) is 6.57 Å². The number of aromatic nitrogens is 5. The summed E-state index contributed by atoms with van der Waals surface area (Å²) in [5.74, 6) is 0.667. The molecule has 5 rings (SSSR count). The Hall–Kier alpha value is -4.29. The van der Waals surface area contributed by atoms with Gasteiger partial charge in [-0.2, -0.15) is 5.10 Å². The minimum atomic E-state index is -3.26. The van der Waals surface area contributed by atoms with Gasteiger partial charge >= 0.3 is 0 Å². The van der Waals surface area contributed by atoms with Gasteiger partial charge in [-0.15, -0.1) is 0 Å². The summed E-state index contributed by atoms with van der Waals surface area (Å²) in [4.78, 5) is 12.5. The van der Waals surface area contributed by atoms with Crippen LogP contribution in [0.4, 0.5) is 5.69 Å². The molecule has 0 saturated heterocycles. The number of sulfone groups is 1. The number of hydrogen-bond acceptors (Lipinski definition) is 5. The summed E-state index contributed by atoms with van der Waals surface area (Å²) in [5.41, 5.74) is 5.57. The van der Waals surface area contributed by atoms with Crippen LogP contribution in [0.3, 0.4) is 0 Å². The van der Waals surface area contributed by atoms with Crippen molar-refractivity contribution in [2.75, 3.05) is 6.26 Å². The number of rotatable bonds is 4. The van der Waals surface area contributed by atoms with E-state index in [2.05, 4.69) is 25.0 Å². The van der Waals surface area contributed by atoms with Crippen LogP contribution in [0.1, 0.15) is 0 Å². The molecule has 3 aromatic heterocycles. The summed E-state index contributed by atoms with van der Waals surface area (Å²) in [7, 11) is -3.26. The van der Waals surface area contributed by atoms with E-state index >= 15 is 0 Å². The van der Waals surface area contributed by atoms with Crippen LogP contribution >= 0.6 is 0 Å². The number of H-pyrrole nitrogens is 1. The van der Waals surface area contributed by atoms with Crippen molar-refractivity contribution < 1.29 is 8.42 Å². The van der Waals surface area contributed by atoms with E-state index in [-0.39, 0.29) is 4.90 Å². The van der Waals surface area contributed by atoms with Gasteiger partial charge in [-0.05, 0) is 35.9 Å². The highest BCUT2D eigenvalue weighted by atomic mass is 32.2. The van der Waals surface area contributed by atoms with Gasteiger partial charge in [-0.25, -0.2) is 18.2 Å². The Labute approximate surface area is 183 Å². The maximum absolute atomic E-state index is 11.8. The van der Waals surface area contributed by atoms with Gasteiger partial charge in [0.25, 0.3) is 0 Å². The van der Waals surface area contributed by atoms with E-state index in [1.54, 1.807) is 48.9 Å². The van der Waals surface area contributed by atoms with E-state index < -0.39 is 9.84 Å². The van der Waals surface area contributed by atoms with Crippen molar-refractivity contribution in [3.05, 3.63) is 84.7 Å². The Balaban J connectivity index is 1.58. The maximum Gasteiger partial charge on any atom is 0.205 e. The van der Waals surface area contributed by atoms with Gasteiger partial charge in [-0.3, -0.25) is 14.6 Å². The predicted molar refractivity (Wildman–Crippen MR) is 121 cm³/mol. The molecule has 156 valence electrons. The molecule has 0 amide bonds. The van der Waals surface area contributed by atoms with Crippen molar-refractivity contribution in [3.8, 4) is 28.2 Å². The topological polar surface area (TPSA) is 97.9 Å². The Morgan fingerprint density at radius 1 is 0.969 bits per heavy atom. The number of nitrogens with one attached hydrogen (secondary N) is 1. The third kappa shape index (κ3) is 3.42. The molecule has 0 unspecified atom stereocenters. The largest absolute Gasteiger partial charge is 0.283 e. The second kappa shape index (κ2) is 7.44. The smallest absolute Gasteiger partial charge is 0.205 e. The predicted octanol–water partition coefficient (Wildman–Crippen LogP) is 4.43. The number of imidazole rings is 1. The lowest BCUT2D eigenvalue weighted by Gasteiger charge is -2.07. The van der Waals surface area contributed by atoms with Crippen molar-refractivity contribution in [1.29, 1.82) is 0 Å². The molecule has 32 heavy (non-hydrogen) atoms. The summed E-state index contributed by atoms with van der Waals surface area (Å²) in [5, 5.41) is 7.22. The van der Waals surface area contributed by atoms with Gasteiger partial charge in [0.15, 0.2) is 9.84 Å². The van der Waals surface area contributed by atoms with Crippen LogP contribution in [0.25, 0.3) is 44.1 Å².